The van der Waals surface area contributed by atoms with Crippen LogP contribution in [0.1, 0.15) is 22.2 Å². The van der Waals surface area contributed by atoms with Gasteiger partial charge in [0.25, 0.3) is 6.29 Å². The van der Waals surface area contributed by atoms with Gasteiger partial charge in [-0.2, -0.15) is 0 Å². The van der Waals surface area contributed by atoms with Crippen LogP contribution >= 0.6 is 0 Å². The predicted octanol–water partition coefficient (Wildman–Crippen LogP) is 2.12. The van der Waals surface area contributed by atoms with Crippen molar-refractivity contribution in [2.24, 2.45) is 0 Å². The Balaban J connectivity index is 2.06. The normalized spacial score (nSPS) is 17.5. The van der Waals surface area contributed by atoms with Gasteiger partial charge in [-0.25, -0.2) is 4.79 Å². The molecule has 98 valence electrons. The largest absolute Gasteiger partial charge is 0.466 e. The summed E-state index contributed by atoms with van der Waals surface area (Å²) in [4.78, 5) is 21.9. The third kappa shape index (κ3) is 3.01. The van der Waals surface area contributed by atoms with E-state index in [9.17, 15) is 9.59 Å². The van der Waals surface area contributed by atoms with Crippen molar-refractivity contribution in [1.82, 2.24) is 0 Å². The molecule has 0 saturated carbocycles. The second kappa shape index (κ2) is 5.86. The number of aldehydes is 1. The zero-order chi connectivity index (χ0) is 13.7. The van der Waals surface area contributed by atoms with E-state index in [4.69, 9.17) is 9.47 Å². The Kier molecular flexibility index (Phi) is 3.97. The number of benzene rings is 1. The van der Waals surface area contributed by atoms with Crippen LogP contribution in [-0.2, 0) is 19.0 Å². The molecule has 0 spiro atoms. The molecule has 2 rings (SSSR count). The van der Waals surface area contributed by atoms with Gasteiger partial charge in [0, 0.05) is 17.2 Å². The van der Waals surface area contributed by atoms with E-state index in [0.717, 1.165) is 6.29 Å². The molecule has 0 amide bonds. The standard InChI is InChI=1S/C14H12O5/c1-17-13(16)7-6-11-9-18-14(19-11)12-5-3-2-4-10(12)8-15/h2-9,14H,1H3/b7-6+. The van der Waals surface area contributed by atoms with Crippen LogP contribution < -0.4 is 0 Å². The van der Waals surface area contributed by atoms with Crippen LogP contribution in [0.25, 0.3) is 0 Å². The zero-order valence-electron chi connectivity index (χ0n) is 10.2. The van der Waals surface area contributed by atoms with E-state index in [1.807, 2.05) is 0 Å². The van der Waals surface area contributed by atoms with Gasteiger partial charge in [0.05, 0.1) is 7.11 Å². The Morgan fingerprint density at radius 3 is 2.89 bits per heavy atom. The van der Waals surface area contributed by atoms with Crippen LogP contribution in [0.5, 0.6) is 0 Å². The van der Waals surface area contributed by atoms with Gasteiger partial charge in [-0.05, 0) is 6.08 Å². The summed E-state index contributed by atoms with van der Waals surface area (Å²) in [7, 11) is 1.29. The molecule has 1 aliphatic rings. The number of carbonyl (C=O) groups is 2. The highest BCUT2D eigenvalue weighted by Crippen LogP contribution is 2.30. The third-order valence-electron chi connectivity index (χ3n) is 2.51. The Labute approximate surface area is 110 Å². The molecule has 19 heavy (non-hydrogen) atoms. The highest BCUT2D eigenvalue weighted by Gasteiger charge is 2.22. The second-order valence-electron chi connectivity index (χ2n) is 3.71. The molecule has 5 nitrogen and oxygen atoms in total. The lowest BCUT2D eigenvalue weighted by Gasteiger charge is -2.12. The van der Waals surface area contributed by atoms with Crippen LogP contribution in [0, 0.1) is 0 Å². The van der Waals surface area contributed by atoms with Gasteiger partial charge in [-0.1, -0.05) is 24.3 Å². The molecule has 1 heterocycles. The number of hydrogen-bond acceptors (Lipinski definition) is 5. The Morgan fingerprint density at radius 1 is 1.37 bits per heavy atom. The van der Waals surface area contributed by atoms with E-state index < -0.39 is 12.3 Å². The number of carbonyl (C=O) groups excluding carboxylic acids is 2. The van der Waals surface area contributed by atoms with Crippen LogP contribution in [0.2, 0.25) is 0 Å². The number of ether oxygens (including phenoxy) is 3. The van der Waals surface area contributed by atoms with Crippen LogP contribution in [0.15, 0.2) is 48.4 Å². The Bertz CT molecular complexity index is 545. The fraction of sp³-hybridized carbons (Fsp3) is 0.143. The van der Waals surface area contributed by atoms with E-state index in [1.54, 1.807) is 24.3 Å². The van der Waals surface area contributed by atoms with Gasteiger partial charge < -0.3 is 14.2 Å². The predicted molar refractivity (Wildman–Crippen MR) is 66.0 cm³/mol. The molecule has 1 aliphatic heterocycles. The number of allylic oxidation sites excluding steroid dienone is 1. The van der Waals surface area contributed by atoms with Gasteiger partial charge >= 0.3 is 5.97 Å². The Morgan fingerprint density at radius 2 is 2.16 bits per heavy atom. The molecule has 1 unspecified atom stereocenters. The summed E-state index contributed by atoms with van der Waals surface area (Å²) in [5.74, 6) is -0.0997. The number of methoxy groups -OCH3 is 1. The molecule has 0 aliphatic carbocycles. The van der Waals surface area contributed by atoms with E-state index in [1.165, 1.54) is 25.5 Å². The average Bonchev–Trinajstić information content (AvgIpc) is 2.93. The minimum atomic E-state index is -0.682. The first-order valence-corrected chi connectivity index (χ1v) is 5.57. The maximum absolute atomic E-state index is 10.9. The first-order chi connectivity index (χ1) is 9.24. The molecule has 1 atom stereocenters. The lowest BCUT2D eigenvalue weighted by atomic mass is 10.1. The number of rotatable bonds is 4. The fourth-order valence-electron chi connectivity index (χ4n) is 1.57. The molecular weight excluding hydrogens is 248 g/mol. The van der Waals surface area contributed by atoms with Gasteiger partial charge in [-0.15, -0.1) is 0 Å². The van der Waals surface area contributed by atoms with Crippen molar-refractivity contribution >= 4 is 12.3 Å². The smallest absolute Gasteiger partial charge is 0.330 e. The van der Waals surface area contributed by atoms with Crippen molar-refractivity contribution in [3.8, 4) is 0 Å². The Hall–Kier alpha value is -2.56. The average molecular weight is 260 g/mol. The first-order valence-electron chi connectivity index (χ1n) is 5.57. The summed E-state index contributed by atoms with van der Waals surface area (Å²) in [5, 5.41) is 0. The van der Waals surface area contributed by atoms with Gasteiger partial charge in [-0.3, -0.25) is 4.79 Å². The topological polar surface area (TPSA) is 61.8 Å². The molecule has 0 bridgehead atoms. The van der Waals surface area contributed by atoms with Crippen molar-refractivity contribution in [1.29, 1.82) is 0 Å². The van der Waals surface area contributed by atoms with Crippen LogP contribution in [0.3, 0.4) is 0 Å². The molecule has 1 aromatic carbocycles. The van der Waals surface area contributed by atoms with Crippen LogP contribution in [-0.4, -0.2) is 19.4 Å². The SMILES string of the molecule is COC(=O)/C=C/C1=COC(c2ccccc2C=O)O1. The maximum Gasteiger partial charge on any atom is 0.330 e. The molecular formula is C14H12O5. The highest BCUT2D eigenvalue weighted by atomic mass is 16.7. The van der Waals surface area contributed by atoms with Crippen molar-refractivity contribution in [2.45, 2.75) is 6.29 Å². The van der Waals surface area contributed by atoms with E-state index in [-0.39, 0.29) is 0 Å². The first kappa shape index (κ1) is 12.9. The lowest BCUT2D eigenvalue weighted by molar-refractivity contribution is -0.134. The highest BCUT2D eigenvalue weighted by molar-refractivity contribution is 5.82. The fourth-order valence-corrected chi connectivity index (χ4v) is 1.57. The minimum Gasteiger partial charge on any atom is -0.466 e. The second-order valence-corrected chi connectivity index (χ2v) is 3.71. The monoisotopic (exact) mass is 260 g/mol. The van der Waals surface area contributed by atoms with Crippen molar-refractivity contribution in [3.05, 3.63) is 59.6 Å². The maximum atomic E-state index is 10.9. The summed E-state index contributed by atoms with van der Waals surface area (Å²) >= 11 is 0. The lowest BCUT2D eigenvalue weighted by Crippen LogP contribution is -2.03. The van der Waals surface area contributed by atoms with Gasteiger partial charge in [0.15, 0.2) is 12.0 Å². The third-order valence-corrected chi connectivity index (χ3v) is 2.51. The molecule has 0 fully saturated rings. The summed E-state index contributed by atoms with van der Waals surface area (Å²) in [6.45, 7) is 0. The van der Waals surface area contributed by atoms with Gasteiger partial charge in [0.2, 0.25) is 0 Å². The molecule has 0 aromatic heterocycles. The molecule has 0 saturated heterocycles. The summed E-state index contributed by atoms with van der Waals surface area (Å²) in [6, 6.07) is 6.97. The summed E-state index contributed by atoms with van der Waals surface area (Å²) < 4.78 is 15.2. The molecule has 1 aromatic rings. The number of hydrogen-bond donors (Lipinski definition) is 0. The van der Waals surface area contributed by atoms with Crippen molar-refractivity contribution in [2.75, 3.05) is 7.11 Å². The zero-order valence-corrected chi connectivity index (χ0v) is 10.2. The minimum absolute atomic E-state index is 0.385. The van der Waals surface area contributed by atoms with E-state index in [2.05, 4.69) is 4.74 Å². The summed E-state index contributed by atoms with van der Waals surface area (Å²) in [5.41, 5.74) is 1.13. The van der Waals surface area contributed by atoms with Crippen molar-refractivity contribution < 1.29 is 23.8 Å². The van der Waals surface area contributed by atoms with E-state index in [0.29, 0.717) is 16.9 Å². The summed E-state index contributed by atoms with van der Waals surface area (Å²) in [6.07, 6.45) is 4.10. The molecule has 0 radical (unpaired) electrons. The van der Waals surface area contributed by atoms with Gasteiger partial charge in [0.1, 0.15) is 6.26 Å². The quantitative estimate of drug-likeness (QED) is 0.471. The molecule has 5 heteroatoms. The number of esters is 1. The van der Waals surface area contributed by atoms with Crippen LogP contribution in [0.4, 0.5) is 0 Å². The van der Waals surface area contributed by atoms with E-state index >= 15 is 0 Å². The van der Waals surface area contributed by atoms with Crippen molar-refractivity contribution in [3.63, 3.8) is 0 Å². The molecule has 0 N–H and O–H groups in total.